The summed E-state index contributed by atoms with van der Waals surface area (Å²) in [5.41, 5.74) is 8.68. The average Bonchev–Trinajstić information content (AvgIpc) is 2.87. The standard InChI is InChI=1S/C26H29N2O6PS/c1-18(2)25(34-35(31)17-24(26(29)30)22-10-6-7-19(15-22)16-27)28-36(32,33)23-13-11-21(12-14-23)20-8-4-3-5-9-20/h3-15,18,24-25,28H,16-17,27H2,1-2H3/p+1. The summed E-state index contributed by atoms with van der Waals surface area (Å²) in [7, 11) is -6.50. The van der Waals surface area contributed by atoms with Crippen molar-refractivity contribution in [2.45, 2.75) is 37.4 Å². The molecule has 0 aliphatic heterocycles. The van der Waals surface area contributed by atoms with Crippen LogP contribution in [0.15, 0.2) is 83.8 Å². The Kier molecular flexibility index (Phi) is 9.48. The molecule has 3 rings (SSSR count). The van der Waals surface area contributed by atoms with Crippen molar-refractivity contribution in [1.82, 2.24) is 4.72 Å². The molecule has 3 unspecified atom stereocenters. The van der Waals surface area contributed by atoms with Crippen LogP contribution in [0.5, 0.6) is 0 Å². The van der Waals surface area contributed by atoms with E-state index in [4.69, 9.17) is 10.3 Å². The SMILES string of the molecule is CC(C)C(NS(=O)(=O)c1ccc(-c2ccccc2)cc1)O[P+](=O)CC(C(=O)O)c1cccc(CN)c1. The summed E-state index contributed by atoms with van der Waals surface area (Å²) in [6, 6.07) is 22.7. The van der Waals surface area contributed by atoms with E-state index in [9.17, 15) is 22.9 Å². The molecule has 36 heavy (non-hydrogen) atoms. The van der Waals surface area contributed by atoms with Gasteiger partial charge >= 0.3 is 14.0 Å². The van der Waals surface area contributed by atoms with Crippen LogP contribution in [-0.4, -0.2) is 31.9 Å². The third-order valence-electron chi connectivity index (χ3n) is 5.60. The van der Waals surface area contributed by atoms with Gasteiger partial charge in [-0.05, 0) is 44.9 Å². The number of hydrogen-bond donors (Lipinski definition) is 3. The smallest absolute Gasteiger partial charge is 0.481 e. The fraction of sp³-hybridized carbons (Fsp3) is 0.269. The Balaban J connectivity index is 1.72. The highest BCUT2D eigenvalue weighted by Gasteiger charge is 2.37. The molecule has 0 aromatic heterocycles. The van der Waals surface area contributed by atoms with Crippen LogP contribution in [-0.2, 0) is 30.5 Å². The molecule has 190 valence electrons. The van der Waals surface area contributed by atoms with Gasteiger partial charge in [0.25, 0.3) is 0 Å². The van der Waals surface area contributed by atoms with E-state index in [0.717, 1.165) is 16.7 Å². The zero-order valence-electron chi connectivity index (χ0n) is 20.1. The van der Waals surface area contributed by atoms with E-state index >= 15 is 0 Å². The lowest BCUT2D eigenvalue weighted by Crippen LogP contribution is -2.39. The number of nitrogens with one attached hydrogen (secondary N) is 1. The maximum absolute atomic E-state index is 13.0. The minimum absolute atomic E-state index is 0.0358. The van der Waals surface area contributed by atoms with Crippen molar-refractivity contribution in [1.29, 1.82) is 0 Å². The largest absolute Gasteiger partial charge is 0.511 e. The van der Waals surface area contributed by atoms with Gasteiger partial charge in [-0.1, -0.05) is 80.6 Å². The highest BCUT2D eigenvalue weighted by atomic mass is 32.2. The van der Waals surface area contributed by atoms with Crippen molar-refractivity contribution in [2.24, 2.45) is 11.7 Å². The fourth-order valence-electron chi connectivity index (χ4n) is 3.54. The van der Waals surface area contributed by atoms with Gasteiger partial charge < -0.3 is 10.8 Å². The zero-order valence-corrected chi connectivity index (χ0v) is 21.8. The molecule has 0 heterocycles. The van der Waals surface area contributed by atoms with E-state index < -0.39 is 36.2 Å². The van der Waals surface area contributed by atoms with Crippen molar-refractivity contribution in [3.63, 3.8) is 0 Å². The van der Waals surface area contributed by atoms with Gasteiger partial charge in [0.2, 0.25) is 10.0 Å². The lowest BCUT2D eigenvalue weighted by molar-refractivity contribution is -0.138. The first-order chi connectivity index (χ1) is 17.1. The molecule has 0 aliphatic carbocycles. The van der Waals surface area contributed by atoms with Gasteiger partial charge in [-0.3, -0.25) is 4.79 Å². The third kappa shape index (κ3) is 7.29. The molecular formula is C26H30N2O6PS+. The second-order valence-electron chi connectivity index (χ2n) is 8.64. The number of benzene rings is 3. The second kappa shape index (κ2) is 12.3. The molecule has 0 fully saturated rings. The Morgan fingerprint density at radius 3 is 2.22 bits per heavy atom. The summed E-state index contributed by atoms with van der Waals surface area (Å²) in [6.45, 7) is 3.68. The predicted octanol–water partition coefficient (Wildman–Crippen LogP) is 4.70. The van der Waals surface area contributed by atoms with E-state index in [1.54, 1.807) is 50.2 Å². The molecule has 3 aromatic rings. The van der Waals surface area contributed by atoms with Crippen molar-refractivity contribution in [3.8, 4) is 11.1 Å². The predicted molar refractivity (Wildman–Crippen MR) is 139 cm³/mol. The molecule has 0 saturated carbocycles. The maximum Gasteiger partial charge on any atom is 0.511 e. The van der Waals surface area contributed by atoms with Crippen molar-refractivity contribution >= 4 is 24.0 Å². The lowest BCUT2D eigenvalue weighted by Gasteiger charge is -2.18. The number of hydrogen-bond acceptors (Lipinski definition) is 6. The molecule has 0 amide bonds. The van der Waals surface area contributed by atoms with Gasteiger partial charge in [0, 0.05) is 6.54 Å². The van der Waals surface area contributed by atoms with Gasteiger partial charge in [0.15, 0.2) is 12.4 Å². The van der Waals surface area contributed by atoms with Gasteiger partial charge in [0.1, 0.15) is 5.92 Å². The Morgan fingerprint density at radius 2 is 1.64 bits per heavy atom. The van der Waals surface area contributed by atoms with Crippen LogP contribution < -0.4 is 10.5 Å². The number of carboxylic acids is 1. The van der Waals surface area contributed by atoms with Crippen LogP contribution in [0.1, 0.15) is 30.9 Å². The van der Waals surface area contributed by atoms with Crippen LogP contribution >= 0.6 is 8.03 Å². The van der Waals surface area contributed by atoms with Gasteiger partial charge in [0.05, 0.1) is 4.90 Å². The number of aliphatic carboxylic acids is 1. The van der Waals surface area contributed by atoms with E-state index in [0.29, 0.717) is 5.56 Å². The quantitative estimate of drug-likeness (QED) is 0.229. The number of sulfonamides is 1. The molecule has 0 bridgehead atoms. The second-order valence-corrected chi connectivity index (χ2v) is 11.6. The first-order valence-electron chi connectivity index (χ1n) is 11.4. The Hall–Kier alpha value is -2.94. The van der Waals surface area contributed by atoms with Gasteiger partial charge in [-0.25, -0.2) is 8.42 Å². The van der Waals surface area contributed by atoms with Crippen LogP contribution in [0, 0.1) is 5.92 Å². The van der Waals surface area contributed by atoms with Crippen molar-refractivity contribution in [2.75, 3.05) is 6.16 Å². The molecule has 0 aliphatic rings. The molecule has 10 heteroatoms. The molecule has 4 N–H and O–H groups in total. The summed E-state index contributed by atoms with van der Waals surface area (Å²) in [6.07, 6.45) is -1.42. The molecule has 3 atom stereocenters. The summed E-state index contributed by atoms with van der Waals surface area (Å²) in [4.78, 5) is 11.9. The Morgan fingerprint density at radius 1 is 1.00 bits per heavy atom. The van der Waals surface area contributed by atoms with Gasteiger partial charge in [-0.15, -0.1) is 4.52 Å². The molecule has 0 radical (unpaired) electrons. The summed E-state index contributed by atoms with van der Waals surface area (Å²) in [5.74, 6) is -2.61. The fourth-order valence-corrected chi connectivity index (χ4v) is 6.17. The molecule has 3 aromatic carbocycles. The number of carboxylic acid groups (broad SMARTS) is 1. The Labute approximate surface area is 212 Å². The first-order valence-corrected chi connectivity index (χ1v) is 14.3. The van der Waals surface area contributed by atoms with Crippen LogP contribution in [0.4, 0.5) is 0 Å². The topological polar surface area (TPSA) is 136 Å². The number of nitrogens with two attached hydrogens (primary N) is 1. The van der Waals surface area contributed by atoms with Crippen molar-refractivity contribution in [3.05, 3.63) is 90.0 Å². The normalized spacial score (nSPS) is 13.8. The monoisotopic (exact) mass is 529 g/mol. The molecule has 0 saturated heterocycles. The average molecular weight is 530 g/mol. The number of rotatable bonds is 12. The van der Waals surface area contributed by atoms with Crippen LogP contribution in [0.25, 0.3) is 11.1 Å². The minimum Gasteiger partial charge on any atom is -0.481 e. The van der Waals surface area contributed by atoms with E-state index in [2.05, 4.69) is 4.72 Å². The highest BCUT2D eigenvalue weighted by molar-refractivity contribution is 7.89. The summed E-state index contributed by atoms with van der Waals surface area (Å²) < 4.78 is 46.9. The first kappa shape index (κ1) is 27.6. The lowest BCUT2D eigenvalue weighted by atomic mass is 9.99. The summed E-state index contributed by atoms with van der Waals surface area (Å²) >= 11 is 0. The molecular weight excluding hydrogens is 499 g/mol. The zero-order chi connectivity index (χ0) is 26.3. The minimum atomic E-state index is -3.99. The number of carbonyl (C=O) groups is 1. The van der Waals surface area contributed by atoms with Gasteiger partial charge in [-0.2, -0.15) is 4.72 Å². The summed E-state index contributed by atoms with van der Waals surface area (Å²) in [5, 5.41) is 9.70. The van der Waals surface area contributed by atoms with E-state index in [-0.39, 0.29) is 23.5 Å². The van der Waals surface area contributed by atoms with Crippen LogP contribution in [0.2, 0.25) is 0 Å². The third-order valence-corrected chi connectivity index (χ3v) is 8.16. The van der Waals surface area contributed by atoms with E-state index in [1.165, 1.54) is 12.1 Å². The molecule has 8 nitrogen and oxygen atoms in total. The maximum atomic E-state index is 13.0. The Bertz CT molecular complexity index is 1300. The molecule has 0 spiro atoms. The highest BCUT2D eigenvalue weighted by Crippen LogP contribution is 2.34. The van der Waals surface area contributed by atoms with E-state index in [1.807, 2.05) is 30.3 Å². The van der Waals surface area contributed by atoms with Crippen LogP contribution in [0.3, 0.4) is 0 Å². The van der Waals surface area contributed by atoms with Crippen molar-refractivity contribution < 1.29 is 27.4 Å².